The van der Waals surface area contributed by atoms with Gasteiger partial charge in [0.05, 0.1) is 12.4 Å². The summed E-state index contributed by atoms with van der Waals surface area (Å²) in [6, 6.07) is 14.8. The second-order valence-electron chi connectivity index (χ2n) is 5.21. The van der Waals surface area contributed by atoms with E-state index >= 15 is 0 Å². The van der Waals surface area contributed by atoms with E-state index in [1.807, 2.05) is 10.9 Å². The Morgan fingerprint density at radius 2 is 2.00 bits per heavy atom. The minimum atomic E-state index is 0.816. The Labute approximate surface area is 129 Å². The molecule has 0 N–H and O–H groups in total. The van der Waals surface area contributed by atoms with Crippen molar-refractivity contribution in [3.63, 3.8) is 0 Å². The van der Waals surface area contributed by atoms with Crippen LogP contribution < -0.4 is 0 Å². The van der Waals surface area contributed by atoms with Crippen molar-refractivity contribution in [3.8, 4) is 11.3 Å². The molecule has 3 aromatic rings. The third kappa shape index (κ3) is 3.80. The maximum absolute atomic E-state index is 4.63. The molecular weight excluding hydrogens is 278 g/mol. The third-order valence-electron chi connectivity index (χ3n) is 3.47. The summed E-state index contributed by atoms with van der Waals surface area (Å²) >= 11 is 1.70. The summed E-state index contributed by atoms with van der Waals surface area (Å²) in [5.74, 6) is 0. The highest BCUT2D eigenvalue weighted by molar-refractivity contribution is 7.08. The second kappa shape index (κ2) is 6.70. The average molecular weight is 297 g/mol. The number of thiophene rings is 1. The van der Waals surface area contributed by atoms with E-state index < -0.39 is 0 Å². The van der Waals surface area contributed by atoms with E-state index in [1.54, 1.807) is 11.3 Å². The third-order valence-corrected chi connectivity index (χ3v) is 4.15. The van der Waals surface area contributed by atoms with E-state index in [2.05, 4.69) is 70.3 Å². The van der Waals surface area contributed by atoms with Gasteiger partial charge in [0.1, 0.15) is 0 Å². The zero-order chi connectivity index (χ0) is 14.5. The van der Waals surface area contributed by atoms with Gasteiger partial charge in [0.15, 0.2) is 0 Å². The van der Waals surface area contributed by atoms with Crippen LogP contribution in [0.15, 0.2) is 59.4 Å². The topological polar surface area (TPSA) is 21.1 Å². The van der Waals surface area contributed by atoms with Gasteiger partial charge in [-0.2, -0.15) is 16.4 Å². The van der Waals surface area contributed by atoms with Gasteiger partial charge >= 0.3 is 0 Å². The van der Waals surface area contributed by atoms with Crippen molar-refractivity contribution in [2.75, 3.05) is 13.6 Å². The predicted molar refractivity (Wildman–Crippen MR) is 88.3 cm³/mol. The predicted octanol–water partition coefficient (Wildman–Crippen LogP) is 3.74. The normalized spacial score (nSPS) is 11.1. The van der Waals surface area contributed by atoms with Crippen LogP contribution in [0.5, 0.6) is 0 Å². The van der Waals surface area contributed by atoms with E-state index in [4.69, 9.17) is 0 Å². The fraction of sp³-hybridized carbons (Fsp3) is 0.235. The number of hydrogen-bond acceptors (Lipinski definition) is 3. The van der Waals surface area contributed by atoms with Gasteiger partial charge in [0.25, 0.3) is 0 Å². The lowest BCUT2D eigenvalue weighted by molar-refractivity contribution is 0.257. The van der Waals surface area contributed by atoms with Crippen LogP contribution in [0.2, 0.25) is 0 Å². The standard InChI is InChI=1S/C17H19N3S/c1-19(10-7-15-5-3-2-4-6-15)14-20-11-8-17(18-20)16-9-12-21-13-16/h2-6,8-9,11-13H,7,10,14H2,1H3. The van der Waals surface area contributed by atoms with Gasteiger partial charge in [-0.15, -0.1) is 0 Å². The van der Waals surface area contributed by atoms with E-state index in [0.717, 1.165) is 25.3 Å². The molecule has 21 heavy (non-hydrogen) atoms. The lowest BCUT2D eigenvalue weighted by atomic mass is 10.1. The SMILES string of the molecule is CN(CCc1ccccc1)Cn1ccc(-c2ccsc2)n1. The van der Waals surface area contributed by atoms with Crippen LogP contribution in [0.25, 0.3) is 11.3 Å². The summed E-state index contributed by atoms with van der Waals surface area (Å²) in [5.41, 5.74) is 3.63. The number of rotatable bonds is 6. The Hall–Kier alpha value is -1.91. The molecule has 3 rings (SSSR count). The molecule has 2 heterocycles. The van der Waals surface area contributed by atoms with E-state index in [9.17, 15) is 0 Å². The molecule has 0 aliphatic rings. The van der Waals surface area contributed by atoms with Gasteiger partial charge in [0.2, 0.25) is 0 Å². The summed E-state index contributed by atoms with van der Waals surface area (Å²) in [4.78, 5) is 2.29. The van der Waals surface area contributed by atoms with Gasteiger partial charge in [-0.1, -0.05) is 30.3 Å². The van der Waals surface area contributed by atoms with Crippen molar-refractivity contribution in [1.29, 1.82) is 0 Å². The number of likely N-dealkylation sites (N-methyl/N-ethyl adjacent to an activating group) is 1. The molecule has 0 fully saturated rings. The second-order valence-corrected chi connectivity index (χ2v) is 5.99. The van der Waals surface area contributed by atoms with Crippen LogP contribution in [0.1, 0.15) is 5.56 Å². The fourth-order valence-corrected chi connectivity index (χ4v) is 2.94. The molecule has 108 valence electrons. The zero-order valence-electron chi connectivity index (χ0n) is 12.1. The monoisotopic (exact) mass is 297 g/mol. The molecule has 0 spiro atoms. The summed E-state index contributed by atoms with van der Waals surface area (Å²) < 4.78 is 2.00. The van der Waals surface area contributed by atoms with Gasteiger partial charge < -0.3 is 0 Å². The molecule has 0 unspecified atom stereocenters. The zero-order valence-corrected chi connectivity index (χ0v) is 13.0. The number of benzene rings is 1. The molecule has 4 heteroatoms. The molecule has 3 nitrogen and oxygen atoms in total. The Balaban J connectivity index is 1.54. The lowest BCUT2D eigenvalue weighted by Gasteiger charge is -2.16. The van der Waals surface area contributed by atoms with Crippen molar-refractivity contribution in [2.24, 2.45) is 0 Å². The van der Waals surface area contributed by atoms with Crippen LogP contribution in [0.4, 0.5) is 0 Å². The van der Waals surface area contributed by atoms with Gasteiger partial charge in [-0.3, -0.25) is 9.58 Å². The van der Waals surface area contributed by atoms with Crippen LogP contribution in [0, 0.1) is 0 Å². The molecule has 0 saturated heterocycles. The van der Waals surface area contributed by atoms with Crippen molar-refractivity contribution < 1.29 is 0 Å². The first-order valence-corrected chi connectivity index (χ1v) is 8.04. The number of aromatic nitrogens is 2. The summed E-state index contributed by atoms with van der Waals surface area (Å²) in [6.07, 6.45) is 3.11. The van der Waals surface area contributed by atoms with E-state index in [0.29, 0.717) is 0 Å². The number of hydrogen-bond donors (Lipinski definition) is 0. The minimum absolute atomic E-state index is 0.816. The quantitative estimate of drug-likeness (QED) is 0.691. The Morgan fingerprint density at radius 3 is 2.76 bits per heavy atom. The van der Waals surface area contributed by atoms with Crippen LogP contribution in [-0.2, 0) is 13.1 Å². The molecule has 0 aliphatic carbocycles. The molecule has 2 aromatic heterocycles. The average Bonchev–Trinajstić information content (AvgIpc) is 3.17. The fourth-order valence-electron chi connectivity index (χ4n) is 2.29. The molecular formula is C17H19N3S. The maximum Gasteiger partial charge on any atom is 0.0932 e. The largest absolute Gasteiger partial charge is 0.287 e. The molecule has 0 bridgehead atoms. The Bertz CT molecular complexity index is 658. The Morgan fingerprint density at radius 1 is 1.14 bits per heavy atom. The molecule has 0 atom stereocenters. The highest BCUT2D eigenvalue weighted by Crippen LogP contribution is 2.19. The molecule has 0 amide bonds. The van der Waals surface area contributed by atoms with Crippen LogP contribution in [-0.4, -0.2) is 28.3 Å². The first-order valence-electron chi connectivity index (χ1n) is 7.10. The smallest absolute Gasteiger partial charge is 0.0932 e. The summed E-state index contributed by atoms with van der Waals surface area (Å²) in [7, 11) is 2.13. The molecule has 0 saturated carbocycles. The van der Waals surface area contributed by atoms with Gasteiger partial charge in [-0.05, 0) is 36.5 Å². The summed E-state index contributed by atoms with van der Waals surface area (Å²) in [6.45, 7) is 1.84. The van der Waals surface area contributed by atoms with Gasteiger partial charge in [-0.25, -0.2) is 0 Å². The molecule has 0 radical (unpaired) electrons. The highest BCUT2D eigenvalue weighted by atomic mass is 32.1. The highest BCUT2D eigenvalue weighted by Gasteiger charge is 2.05. The number of nitrogens with zero attached hydrogens (tertiary/aromatic N) is 3. The van der Waals surface area contributed by atoms with Crippen molar-refractivity contribution in [3.05, 3.63) is 65.0 Å². The first-order chi connectivity index (χ1) is 10.3. The molecule has 0 aliphatic heterocycles. The van der Waals surface area contributed by atoms with Gasteiger partial charge in [0, 0.05) is 23.7 Å². The lowest BCUT2D eigenvalue weighted by Crippen LogP contribution is -2.24. The molecule has 1 aromatic carbocycles. The van der Waals surface area contributed by atoms with Crippen LogP contribution in [0.3, 0.4) is 0 Å². The van der Waals surface area contributed by atoms with E-state index in [1.165, 1.54) is 11.1 Å². The maximum atomic E-state index is 4.63. The van der Waals surface area contributed by atoms with E-state index in [-0.39, 0.29) is 0 Å². The minimum Gasteiger partial charge on any atom is -0.287 e. The van der Waals surface area contributed by atoms with Crippen LogP contribution >= 0.6 is 11.3 Å². The first kappa shape index (κ1) is 14.0. The van der Waals surface area contributed by atoms with Crippen molar-refractivity contribution >= 4 is 11.3 Å². The summed E-state index contributed by atoms with van der Waals surface area (Å²) in [5, 5.41) is 8.84. The van der Waals surface area contributed by atoms with Crippen molar-refractivity contribution in [2.45, 2.75) is 13.1 Å². The Kier molecular flexibility index (Phi) is 4.48. The van der Waals surface area contributed by atoms with Crippen molar-refractivity contribution in [1.82, 2.24) is 14.7 Å².